The summed E-state index contributed by atoms with van der Waals surface area (Å²) in [4.78, 5) is 0.00653. The van der Waals surface area contributed by atoms with Gasteiger partial charge in [0.15, 0.2) is 0 Å². The summed E-state index contributed by atoms with van der Waals surface area (Å²) in [5.41, 5.74) is 4.52. The largest absolute Gasteiger partial charge is 0.389 e. The fraction of sp³-hybridized carbons (Fsp3) is 0.500. The van der Waals surface area contributed by atoms with Crippen molar-refractivity contribution in [3.05, 3.63) is 29.6 Å². The third-order valence-electron chi connectivity index (χ3n) is 3.29. The van der Waals surface area contributed by atoms with Crippen LogP contribution in [0.1, 0.15) is 18.9 Å². The highest BCUT2D eigenvalue weighted by Crippen LogP contribution is 2.27. The number of nitrogens with zero attached hydrogens (tertiary/aromatic N) is 1. The molecule has 0 radical (unpaired) electrons. The first-order valence-electron chi connectivity index (χ1n) is 5.97. The molecule has 0 bridgehead atoms. The van der Waals surface area contributed by atoms with Gasteiger partial charge in [0, 0.05) is 25.2 Å². The summed E-state index contributed by atoms with van der Waals surface area (Å²) in [5.74, 6) is -0.519. The summed E-state index contributed by atoms with van der Waals surface area (Å²) in [6.07, 6.45) is 0.386. The zero-order chi connectivity index (χ0) is 14.3. The van der Waals surface area contributed by atoms with Crippen LogP contribution in [0, 0.1) is 5.82 Å². The summed E-state index contributed by atoms with van der Waals surface area (Å²) in [7, 11) is -3.71. The quantitative estimate of drug-likeness (QED) is 0.845. The summed E-state index contributed by atoms with van der Waals surface area (Å²) >= 11 is 0. The molecule has 106 valence electrons. The van der Waals surface area contributed by atoms with Gasteiger partial charge in [-0.3, -0.25) is 0 Å². The van der Waals surface area contributed by atoms with Crippen molar-refractivity contribution in [1.82, 2.24) is 4.31 Å². The average Bonchev–Trinajstić information content (AvgIpc) is 2.70. The number of rotatable bonds is 3. The minimum atomic E-state index is -3.71. The Morgan fingerprint density at radius 2 is 2.21 bits per heavy atom. The van der Waals surface area contributed by atoms with Crippen LogP contribution in [0.5, 0.6) is 0 Å². The minimum Gasteiger partial charge on any atom is -0.389 e. The summed E-state index contributed by atoms with van der Waals surface area (Å²) < 4.78 is 39.2. The molecular formula is C12H17FN2O3S. The maximum atomic E-state index is 13.3. The minimum absolute atomic E-state index is 0.00653. The van der Waals surface area contributed by atoms with E-state index in [1.54, 1.807) is 6.92 Å². The Bertz CT molecular complexity index is 587. The highest BCUT2D eigenvalue weighted by atomic mass is 32.2. The van der Waals surface area contributed by atoms with Gasteiger partial charge in [0.05, 0.1) is 10.5 Å². The lowest BCUT2D eigenvalue weighted by Gasteiger charge is -2.19. The molecule has 7 heteroatoms. The van der Waals surface area contributed by atoms with Gasteiger partial charge in [0.1, 0.15) is 5.82 Å². The Balaban J connectivity index is 2.35. The van der Waals surface area contributed by atoms with Gasteiger partial charge in [-0.05, 0) is 31.5 Å². The van der Waals surface area contributed by atoms with E-state index >= 15 is 0 Å². The van der Waals surface area contributed by atoms with Crippen LogP contribution in [0.15, 0.2) is 23.1 Å². The molecule has 1 aromatic rings. The number of sulfonamides is 1. The molecule has 19 heavy (non-hydrogen) atoms. The average molecular weight is 288 g/mol. The number of hydrogen-bond donors (Lipinski definition) is 2. The van der Waals surface area contributed by atoms with E-state index in [9.17, 15) is 17.9 Å². The van der Waals surface area contributed by atoms with Crippen LogP contribution in [0.4, 0.5) is 4.39 Å². The van der Waals surface area contributed by atoms with Gasteiger partial charge >= 0.3 is 0 Å². The van der Waals surface area contributed by atoms with E-state index in [1.807, 2.05) is 0 Å². The molecule has 3 N–H and O–H groups in total. The standard InChI is InChI=1S/C12H17FN2O3S/c1-12(16)4-5-15(8-12)19(17,18)10-2-3-11(13)9(6-10)7-14/h2-3,6,16H,4-5,7-8,14H2,1H3. The maximum Gasteiger partial charge on any atom is 0.243 e. The second-order valence-electron chi connectivity index (χ2n) is 5.04. The molecule has 2 rings (SSSR count). The van der Waals surface area contributed by atoms with Crippen molar-refractivity contribution >= 4 is 10.0 Å². The van der Waals surface area contributed by atoms with Gasteiger partial charge in [0.2, 0.25) is 10.0 Å². The van der Waals surface area contributed by atoms with Gasteiger partial charge in [-0.15, -0.1) is 0 Å². The number of benzene rings is 1. The van der Waals surface area contributed by atoms with E-state index in [0.717, 1.165) is 6.07 Å². The van der Waals surface area contributed by atoms with Crippen LogP contribution in [-0.4, -0.2) is 36.5 Å². The van der Waals surface area contributed by atoms with Crippen molar-refractivity contribution < 1.29 is 17.9 Å². The van der Waals surface area contributed by atoms with Gasteiger partial charge in [-0.1, -0.05) is 0 Å². The van der Waals surface area contributed by atoms with Crippen LogP contribution >= 0.6 is 0 Å². The van der Waals surface area contributed by atoms with Crippen LogP contribution in [-0.2, 0) is 16.6 Å². The van der Waals surface area contributed by atoms with Crippen LogP contribution in [0.3, 0.4) is 0 Å². The van der Waals surface area contributed by atoms with E-state index in [2.05, 4.69) is 0 Å². The Morgan fingerprint density at radius 1 is 1.53 bits per heavy atom. The first-order valence-corrected chi connectivity index (χ1v) is 7.41. The first kappa shape index (κ1) is 14.4. The zero-order valence-corrected chi connectivity index (χ0v) is 11.5. The fourth-order valence-corrected chi connectivity index (χ4v) is 3.73. The summed E-state index contributed by atoms with van der Waals surface area (Å²) in [6.45, 7) is 1.83. The van der Waals surface area contributed by atoms with Crippen LogP contribution in [0.2, 0.25) is 0 Å². The lowest BCUT2D eigenvalue weighted by Crippen LogP contribution is -2.34. The Morgan fingerprint density at radius 3 is 2.74 bits per heavy atom. The van der Waals surface area contributed by atoms with E-state index < -0.39 is 21.4 Å². The molecule has 1 aromatic carbocycles. The Kier molecular flexibility index (Phi) is 3.65. The molecule has 1 aliphatic rings. The van der Waals surface area contributed by atoms with Crippen LogP contribution < -0.4 is 5.73 Å². The molecule has 0 spiro atoms. The Hall–Kier alpha value is -1.02. The zero-order valence-electron chi connectivity index (χ0n) is 10.6. The molecule has 1 unspecified atom stereocenters. The smallest absolute Gasteiger partial charge is 0.243 e. The van der Waals surface area contributed by atoms with Crippen molar-refractivity contribution in [3.8, 4) is 0 Å². The highest BCUT2D eigenvalue weighted by molar-refractivity contribution is 7.89. The number of β-amino-alcohol motifs (C(OH)–C–C–N with tert-alkyl or cyclic N) is 1. The van der Waals surface area contributed by atoms with Crippen molar-refractivity contribution in [1.29, 1.82) is 0 Å². The third kappa shape index (κ3) is 2.79. The molecule has 1 fully saturated rings. The van der Waals surface area contributed by atoms with E-state index in [-0.39, 0.29) is 30.1 Å². The number of halogens is 1. The van der Waals surface area contributed by atoms with Crippen molar-refractivity contribution in [2.75, 3.05) is 13.1 Å². The van der Waals surface area contributed by atoms with Gasteiger partial charge in [-0.25, -0.2) is 12.8 Å². The molecule has 0 amide bonds. The number of aliphatic hydroxyl groups is 1. The molecule has 1 aliphatic heterocycles. The lowest BCUT2D eigenvalue weighted by molar-refractivity contribution is 0.0762. The molecule has 1 heterocycles. The van der Waals surface area contributed by atoms with E-state index in [0.29, 0.717) is 6.42 Å². The molecule has 0 saturated carbocycles. The highest BCUT2D eigenvalue weighted by Gasteiger charge is 2.38. The fourth-order valence-electron chi connectivity index (χ4n) is 2.13. The second-order valence-corrected chi connectivity index (χ2v) is 6.98. The van der Waals surface area contributed by atoms with E-state index in [4.69, 9.17) is 5.73 Å². The number of nitrogens with two attached hydrogens (primary N) is 1. The monoisotopic (exact) mass is 288 g/mol. The maximum absolute atomic E-state index is 13.3. The van der Waals surface area contributed by atoms with Gasteiger partial charge in [-0.2, -0.15) is 4.31 Å². The predicted octanol–water partition coefficient (Wildman–Crippen LogP) is 0.430. The molecule has 0 aromatic heterocycles. The normalized spacial score (nSPS) is 24.8. The SMILES string of the molecule is CC1(O)CCN(S(=O)(=O)c2ccc(F)c(CN)c2)C1. The Labute approximate surface area is 111 Å². The van der Waals surface area contributed by atoms with Gasteiger partial charge in [0.25, 0.3) is 0 Å². The predicted molar refractivity (Wildman–Crippen MR) is 68.3 cm³/mol. The third-order valence-corrected chi connectivity index (χ3v) is 5.13. The molecular weight excluding hydrogens is 271 g/mol. The van der Waals surface area contributed by atoms with Crippen molar-refractivity contribution in [2.45, 2.75) is 30.4 Å². The lowest BCUT2D eigenvalue weighted by atomic mass is 10.1. The van der Waals surface area contributed by atoms with Crippen LogP contribution in [0.25, 0.3) is 0 Å². The summed E-state index contributed by atoms with van der Waals surface area (Å²) in [5, 5.41) is 9.83. The van der Waals surface area contributed by atoms with Crippen molar-refractivity contribution in [3.63, 3.8) is 0 Å². The molecule has 5 nitrogen and oxygen atoms in total. The second kappa shape index (κ2) is 4.82. The number of hydrogen-bond acceptors (Lipinski definition) is 4. The van der Waals surface area contributed by atoms with E-state index in [1.165, 1.54) is 16.4 Å². The van der Waals surface area contributed by atoms with Gasteiger partial charge < -0.3 is 10.8 Å². The molecule has 1 saturated heterocycles. The topological polar surface area (TPSA) is 83.6 Å². The van der Waals surface area contributed by atoms with Crippen molar-refractivity contribution in [2.24, 2.45) is 5.73 Å². The first-order chi connectivity index (χ1) is 8.76. The molecule has 1 atom stereocenters. The summed E-state index contributed by atoms with van der Waals surface area (Å²) in [6, 6.07) is 3.57. The molecule has 0 aliphatic carbocycles.